The average Bonchev–Trinajstić information content (AvgIpc) is 2.82. The van der Waals surface area contributed by atoms with Crippen molar-refractivity contribution in [2.75, 3.05) is 11.9 Å². The molecule has 104 valence electrons. The van der Waals surface area contributed by atoms with Crippen LogP contribution in [0.15, 0.2) is 30.3 Å². The van der Waals surface area contributed by atoms with Crippen LogP contribution in [0.5, 0.6) is 17.2 Å². The molecule has 1 heterocycles. The van der Waals surface area contributed by atoms with Gasteiger partial charge < -0.3 is 20.3 Å². The highest BCUT2D eigenvalue weighted by Crippen LogP contribution is 2.38. The van der Waals surface area contributed by atoms with Gasteiger partial charge >= 0.3 is 0 Å². The van der Waals surface area contributed by atoms with Crippen molar-refractivity contribution in [1.29, 1.82) is 0 Å². The maximum Gasteiger partial charge on any atom is 0.128 e. The standard InChI is InChI=1S/C16H17NO3/c1-9-3-6-13(10(2)16(9)19)17-14-8-20-15-7-11(18)4-5-12(14)15/h3-7,14,17-19H,8H2,1-2H3. The smallest absolute Gasteiger partial charge is 0.128 e. The summed E-state index contributed by atoms with van der Waals surface area (Å²) in [5, 5.41) is 22.8. The molecule has 0 amide bonds. The number of aromatic hydroxyl groups is 2. The van der Waals surface area contributed by atoms with Crippen molar-refractivity contribution in [2.45, 2.75) is 19.9 Å². The van der Waals surface area contributed by atoms with Gasteiger partial charge in [0.05, 0.1) is 6.04 Å². The quantitative estimate of drug-likeness (QED) is 0.784. The van der Waals surface area contributed by atoms with Crippen LogP contribution in [0.25, 0.3) is 0 Å². The van der Waals surface area contributed by atoms with Gasteiger partial charge in [-0.25, -0.2) is 0 Å². The maximum atomic E-state index is 9.99. The lowest BCUT2D eigenvalue weighted by Crippen LogP contribution is -2.12. The van der Waals surface area contributed by atoms with Gasteiger partial charge in [-0.15, -0.1) is 0 Å². The van der Waals surface area contributed by atoms with Crippen molar-refractivity contribution in [2.24, 2.45) is 0 Å². The van der Waals surface area contributed by atoms with E-state index < -0.39 is 0 Å². The first-order chi connectivity index (χ1) is 9.56. The molecule has 2 aromatic rings. The molecule has 20 heavy (non-hydrogen) atoms. The Bertz CT molecular complexity index is 667. The highest BCUT2D eigenvalue weighted by atomic mass is 16.5. The Labute approximate surface area is 117 Å². The molecule has 0 radical (unpaired) electrons. The highest BCUT2D eigenvalue weighted by molar-refractivity contribution is 5.61. The number of hydrogen-bond acceptors (Lipinski definition) is 4. The third-order valence-electron chi connectivity index (χ3n) is 3.74. The van der Waals surface area contributed by atoms with E-state index in [1.165, 1.54) is 0 Å². The Morgan fingerprint density at radius 2 is 1.95 bits per heavy atom. The molecule has 2 aromatic carbocycles. The van der Waals surface area contributed by atoms with E-state index in [1.807, 2.05) is 32.0 Å². The summed E-state index contributed by atoms with van der Waals surface area (Å²) in [6.07, 6.45) is 0. The molecule has 4 nitrogen and oxygen atoms in total. The van der Waals surface area contributed by atoms with E-state index in [1.54, 1.807) is 12.1 Å². The molecule has 0 saturated carbocycles. The van der Waals surface area contributed by atoms with E-state index in [9.17, 15) is 10.2 Å². The van der Waals surface area contributed by atoms with Gasteiger partial charge in [0, 0.05) is 22.9 Å². The van der Waals surface area contributed by atoms with Crippen LogP contribution in [0.4, 0.5) is 5.69 Å². The summed E-state index contributed by atoms with van der Waals surface area (Å²) in [4.78, 5) is 0. The van der Waals surface area contributed by atoms with Crippen LogP contribution < -0.4 is 10.1 Å². The lowest BCUT2D eigenvalue weighted by atomic mass is 10.1. The van der Waals surface area contributed by atoms with Gasteiger partial charge in [0.25, 0.3) is 0 Å². The second-order valence-corrected chi connectivity index (χ2v) is 5.13. The van der Waals surface area contributed by atoms with Crippen LogP contribution >= 0.6 is 0 Å². The Hall–Kier alpha value is -2.36. The van der Waals surface area contributed by atoms with Crippen molar-refractivity contribution in [3.63, 3.8) is 0 Å². The van der Waals surface area contributed by atoms with Gasteiger partial charge in [-0.05, 0) is 37.6 Å². The number of phenols is 2. The first-order valence-corrected chi connectivity index (χ1v) is 6.57. The zero-order valence-corrected chi connectivity index (χ0v) is 11.5. The normalized spacial score (nSPS) is 16.6. The largest absolute Gasteiger partial charge is 0.508 e. The van der Waals surface area contributed by atoms with Gasteiger partial charge in [0.15, 0.2) is 0 Å². The molecule has 4 heteroatoms. The van der Waals surface area contributed by atoms with E-state index >= 15 is 0 Å². The number of anilines is 1. The zero-order valence-electron chi connectivity index (χ0n) is 11.5. The van der Waals surface area contributed by atoms with Crippen LogP contribution in [-0.4, -0.2) is 16.8 Å². The van der Waals surface area contributed by atoms with E-state index in [-0.39, 0.29) is 11.8 Å². The highest BCUT2D eigenvalue weighted by Gasteiger charge is 2.25. The van der Waals surface area contributed by atoms with E-state index in [2.05, 4.69) is 5.32 Å². The van der Waals surface area contributed by atoms with Crippen LogP contribution in [-0.2, 0) is 0 Å². The van der Waals surface area contributed by atoms with Crippen LogP contribution in [0, 0.1) is 13.8 Å². The SMILES string of the molecule is Cc1ccc(NC2COc3cc(O)ccc32)c(C)c1O. The van der Waals surface area contributed by atoms with E-state index in [0.717, 1.165) is 22.4 Å². The molecule has 0 fully saturated rings. The van der Waals surface area contributed by atoms with Crippen molar-refractivity contribution < 1.29 is 14.9 Å². The van der Waals surface area contributed by atoms with Crippen molar-refractivity contribution in [3.05, 3.63) is 47.0 Å². The lowest BCUT2D eigenvalue weighted by molar-refractivity contribution is 0.338. The summed E-state index contributed by atoms with van der Waals surface area (Å²) in [6.45, 7) is 4.27. The maximum absolute atomic E-state index is 9.99. The van der Waals surface area contributed by atoms with Gasteiger partial charge in [0.2, 0.25) is 0 Å². The average molecular weight is 271 g/mol. The van der Waals surface area contributed by atoms with Crippen LogP contribution in [0.3, 0.4) is 0 Å². The second kappa shape index (κ2) is 4.63. The second-order valence-electron chi connectivity index (χ2n) is 5.13. The zero-order chi connectivity index (χ0) is 14.3. The first kappa shape index (κ1) is 12.7. The Balaban J connectivity index is 1.90. The monoisotopic (exact) mass is 271 g/mol. The number of fused-ring (bicyclic) bond motifs is 1. The number of ether oxygens (including phenoxy) is 1. The molecule has 3 rings (SSSR count). The van der Waals surface area contributed by atoms with Crippen LogP contribution in [0.2, 0.25) is 0 Å². The number of hydrogen-bond donors (Lipinski definition) is 3. The van der Waals surface area contributed by atoms with Gasteiger partial charge in [-0.1, -0.05) is 6.07 Å². The molecular weight excluding hydrogens is 254 g/mol. The third kappa shape index (κ3) is 2.03. The molecule has 1 unspecified atom stereocenters. The molecule has 0 spiro atoms. The molecule has 1 atom stereocenters. The minimum absolute atomic E-state index is 0.0198. The number of benzene rings is 2. The summed E-state index contributed by atoms with van der Waals surface area (Å²) in [7, 11) is 0. The van der Waals surface area contributed by atoms with Gasteiger partial charge in [0.1, 0.15) is 23.9 Å². The predicted molar refractivity (Wildman–Crippen MR) is 77.5 cm³/mol. The van der Waals surface area contributed by atoms with Gasteiger partial charge in [-0.3, -0.25) is 0 Å². The summed E-state index contributed by atoms with van der Waals surface area (Å²) >= 11 is 0. The molecule has 0 saturated heterocycles. The molecule has 0 aliphatic carbocycles. The van der Waals surface area contributed by atoms with Gasteiger partial charge in [-0.2, -0.15) is 0 Å². The fraction of sp³-hybridized carbons (Fsp3) is 0.250. The molecule has 1 aliphatic rings. The Morgan fingerprint density at radius 3 is 2.75 bits per heavy atom. The Morgan fingerprint density at radius 1 is 1.15 bits per heavy atom. The van der Waals surface area contributed by atoms with Crippen molar-refractivity contribution in [3.8, 4) is 17.2 Å². The third-order valence-corrected chi connectivity index (χ3v) is 3.74. The molecular formula is C16H17NO3. The lowest BCUT2D eigenvalue weighted by Gasteiger charge is -2.17. The summed E-state index contributed by atoms with van der Waals surface area (Å²) < 4.78 is 5.57. The molecule has 0 bridgehead atoms. The number of rotatable bonds is 2. The number of nitrogens with one attached hydrogen (secondary N) is 1. The topological polar surface area (TPSA) is 61.7 Å². The fourth-order valence-corrected chi connectivity index (χ4v) is 2.50. The van der Waals surface area contributed by atoms with Crippen molar-refractivity contribution in [1.82, 2.24) is 0 Å². The number of aryl methyl sites for hydroxylation is 1. The first-order valence-electron chi connectivity index (χ1n) is 6.57. The minimum atomic E-state index is 0.0198. The summed E-state index contributed by atoms with van der Waals surface area (Å²) in [6, 6.07) is 9.00. The van der Waals surface area contributed by atoms with E-state index in [0.29, 0.717) is 18.1 Å². The Kier molecular flexibility index (Phi) is 2.93. The molecule has 0 aromatic heterocycles. The van der Waals surface area contributed by atoms with Crippen LogP contribution in [0.1, 0.15) is 22.7 Å². The predicted octanol–water partition coefficient (Wildman–Crippen LogP) is 3.26. The molecule has 3 N–H and O–H groups in total. The fourth-order valence-electron chi connectivity index (χ4n) is 2.50. The minimum Gasteiger partial charge on any atom is -0.508 e. The van der Waals surface area contributed by atoms with E-state index in [4.69, 9.17) is 4.74 Å². The molecule has 1 aliphatic heterocycles. The summed E-state index contributed by atoms with van der Waals surface area (Å²) in [5.74, 6) is 1.23. The number of phenolic OH excluding ortho intramolecular Hbond substituents is 2. The summed E-state index contributed by atoms with van der Waals surface area (Å²) in [5.41, 5.74) is 3.60. The van der Waals surface area contributed by atoms with Crippen molar-refractivity contribution >= 4 is 5.69 Å².